The second kappa shape index (κ2) is 10.8. The molecule has 1 heterocycles. The van der Waals surface area contributed by atoms with E-state index in [-0.39, 0.29) is 25.0 Å². The molecule has 0 spiro atoms. The lowest BCUT2D eigenvalue weighted by molar-refractivity contribution is -0.141. The number of hydrogen-bond donors (Lipinski definition) is 2. The third-order valence-electron chi connectivity index (χ3n) is 4.98. The summed E-state index contributed by atoms with van der Waals surface area (Å²) in [5.41, 5.74) is 0.0638. The maximum absolute atomic E-state index is 13.3. The number of aromatic nitrogens is 2. The van der Waals surface area contributed by atoms with E-state index in [1.807, 2.05) is 13.8 Å². The summed E-state index contributed by atoms with van der Waals surface area (Å²) >= 11 is 12.3. The van der Waals surface area contributed by atoms with Crippen LogP contribution in [0.4, 0.5) is 11.5 Å². The zero-order valence-electron chi connectivity index (χ0n) is 18.9. The summed E-state index contributed by atoms with van der Waals surface area (Å²) in [6, 6.07) is 13.2. The lowest BCUT2D eigenvalue weighted by atomic mass is 10.2. The molecule has 34 heavy (non-hydrogen) atoms. The Morgan fingerprint density at radius 1 is 1.03 bits per heavy atom. The zero-order valence-corrected chi connectivity index (χ0v) is 20.4. The van der Waals surface area contributed by atoms with Crippen molar-refractivity contribution in [2.24, 2.45) is 5.92 Å². The normalized spacial score (nSPS) is 11.9. The molecule has 3 aromatic rings. The van der Waals surface area contributed by atoms with E-state index in [0.717, 1.165) is 10.1 Å². The third-order valence-corrected chi connectivity index (χ3v) is 5.53. The van der Waals surface area contributed by atoms with Crippen LogP contribution in [0.1, 0.15) is 26.3 Å². The molecule has 0 fully saturated rings. The number of anilines is 2. The van der Waals surface area contributed by atoms with Crippen LogP contribution in [0.25, 0.3) is 0 Å². The molecule has 0 unspecified atom stereocenters. The smallest absolute Gasteiger partial charge is 0.332 e. The summed E-state index contributed by atoms with van der Waals surface area (Å²) in [5.74, 6) is -1.27. The monoisotopic (exact) mass is 505 g/mol. The highest BCUT2D eigenvalue weighted by molar-refractivity contribution is 6.32. The number of nitrogens with zero attached hydrogens (tertiary/aromatic N) is 2. The first-order chi connectivity index (χ1) is 16.0. The summed E-state index contributed by atoms with van der Waals surface area (Å²) in [6.07, 6.45) is -0.0540. The zero-order chi connectivity index (χ0) is 25.0. The van der Waals surface area contributed by atoms with Gasteiger partial charge in [-0.15, -0.1) is 0 Å². The van der Waals surface area contributed by atoms with Gasteiger partial charge < -0.3 is 15.2 Å². The van der Waals surface area contributed by atoms with E-state index in [9.17, 15) is 19.5 Å². The number of carboxylic acid groups (broad SMARTS) is 1. The van der Waals surface area contributed by atoms with Crippen LogP contribution in [0.2, 0.25) is 10.0 Å². The van der Waals surface area contributed by atoms with E-state index in [1.54, 1.807) is 42.5 Å². The number of ether oxygens (including phenoxy) is 1. The standard InChI is InChI=1S/C24H25Cl2N3O5/c1-14(2)34-20-9-8-18(10-19(20)26)27-21-11-22(30)29(12-15(3)23(31)32)24(33)28(21)13-16-4-6-17(25)7-5-16/h4-11,14-15,27H,12-13H2,1-3H3,(H,31,32)/t15-/m0/s1. The topological polar surface area (TPSA) is 103 Å². The Labute approximate surface area is 206 Å². The van der Waals surface area contributed by atoms with Gasteiger partial charge in [0, 0.05) is 23.3 Å². The molecule has 10 heteroatoms. The van der Waals surface area contributed by atoms with E-state index in [2.05, 4.69) is 5.32 Å². The molecule has 2 N–H and O–H groups in total. The minimum absolute atomic E-state index is 0.0540. The van der Waals surface area contributed by atoms with Crippen LogP contribution in [-0.2, 0) is 17.9 Å². The van der Waals surface area contributed by atoms with E-state index >= 15 is 0 Å². The highest BCUT2D eigenvalue weighted by atomic mass is 35.5. The van der Waals surface area contributed by atoms with E-state index < -0.39 is 23.1 Å². The van der Waals surface area contributed by atoms with Crippen molar-refractivity contribution in [3.63, 3.8) is 0 Å². The number of aliphatic carboxylic acids is 1. The second-order valence-corrected chi connectivity index (χ2v) is 8.99. The van der Waals surface area contributed by atoms with Crippen LogP contribution >= 0.6 is 23.2 Å². The minimum atomic E-state index is -1.10. The quantitative estimate of drug-likeness (QED) is 0.439. The van der Waals surface area contributed by atoms with Crippen molar-refractivity contribution in [3.05, 3.63) is 85.0 Å². The van der Waals surface area contributed by atoms with Gasteiger partial charge in [0.1, 0.15) is 11.6 Å². The molecule has 0 aliphatic carbocycles. The molecule has 0 amide bonds. The van der Waals surface area contributed by atoms with E-state index in [1.165, 1.54) is 17.6 Å². The maximum Gasteiger partial charge on any atom is 0.332 e. The Morgan fingerprint density at radius 3 is 2.29 bits per heavy atom. The molecule has 0 radical (unpaired) electrons. The average molecular weight is 506 g/mol. The largest absolute Gasteiger partial charge is 0.489 e. The van der Waals surface area contributed by atoms with E-state index in [4.69, 9.17) is 27.9 Å². The van der Waals surface area contributed by atoms with Crippen LogP contribution in [0.5, 0.6) is 5.75 Å². The fraction of sp³-hybridized carbons (Fsp3) is 0.292. The molecular formula is C24H25Cl2N3O5. The van der Waals surface area contributed by atoms with Gasteiger partial charge in [0.2, 0.25) is 0 Å². The molecule has 3 rings (SSSR count). The highest BCUT2D eigenvalue weighted by Crippen LogP contribution is 2.29. The molecule has 8 nitrogen and oxygen atoms in total. The molecule has 1 atom stereocenters. The number of halogens is 2. The van der Waals surface area contributed by atoms with Crippen molar-refractivity contribution < 1.29 is 14.6 Å². The first-order valence-electron chi connectivity index (χ1n) is 10.6. The molecule has 0 bridgehead atoms. The van der Waals surface area contributed by atoms with Crippen molar-refractivity contribution in [1.29, 1.82) is 0 Å². The molecule has 0 saturated heterocycles. The number of nitrogens with one attached hydrogen (secondary N) is 1. The molecule has 0 aliphatic rings. The average Bonchev–Trinajstić information content (AvgIpc) is 2.76. The Bertz CT molecular complexity index is 1300. The van der Waals surface area contributed by atoms with E-state index in [0.29, 0.717) is 21.5 Å². The summed E-state index contributed by atoms with van der Waals surface area (Å²) in [6.45, 7) is 5.09. The molecule has 1 aromatic heterocycles. The molecular weight excluding hydrogens is 481 g/mol. The summed E-state index contributed by atoms with van der Waals surface area (Å²) in [5, 5.41) is 13.2. The van der Waals surface area contributed by atoms with Crippen molar-refractivity contribution in [2.75, 3.05) is 5.32 Å². The Morgan fingerprint density at radius 2 is 1.71 bits per heavy atom. The van der Waals surface area contributed by atoms with Crippen molar-refractivity contribution >= 4 is 40.7 Å². The lowest BCUT2D eigenvalue weighted by Crippen LogP contribution is -2.42. The van der Waals surface area contributed by atoms with Gasteiger partial charge in [0.15, 0.2) is 0 Å². The van der Waals surface area contributed by atoms with Crippen molar-refractivity contribution in [3.8, 4) is 5.75 Å². The minimum Gasteiger partial charge on any atom is -0.489 e. The lowest BCUT2D eigenvalue weighted by Gasteiger charge is -2.18. The van der Waals surface area contributed by atoms with Gasteiger partial charge in [-0.2, -0.15) is 0 Å². The molecule has 2 aromatic carbocycles. The number of rotatable bonds is 9. The third kappa shape index (κ3) is 6.21. The van der Waals surface area contributed by atoms with Gasteiger partial charge in [-0.1, -0.05) is 42.3 Å². The first-order valence-corrected chi connectivity index (χ1v) is 11.4. The number of benzene rings is 2. The second-order valence-electron chi connectivity index (χ2n) is 8.15. The number of carboxylic acids is 1. The van der Waals surface area contributed by atoms with Crippen LogP contribution in [0.15, 0.2) is 58.1 Å². The number of carbonyl (C=O) groups is 1. The maximum atomic E-state index is 13.3. The molecule has 180 valence electrons. The fourth-order valence-corrected chi connectivity index (χ4v) is 3.59. The SMILES string of the molecule is CC(C)Oc1ccc(Nc2cc(=O)n(C[C@H](C)C(=O)O)c(=O)n2Cc2ccc(Cl)cc2)cc1Cl. The Balaban J connectivity index is 2.05. The predicted molar refractivity (Wildman–Crippen MR) is 133 cm³/mol. The van der Waals surface area contributed by atoms with Crippen molar-refractivity contribution in [2.45, 2.75) is 40.0 Å². The van der Waals surface area contributed by atoms with Gasteiger partial charge in [0.05, 0.1) is 23.6 Å². The van der Waals surface area contributed by atoms with Gasteiger partial charge in [-0.3, -0.25) is 18.7 Å². The van der Waals surface area contributed by atoms with Crippen molar-refractivity contribution in [1.82, 2.24) is 9.13 Å². The van der Waals surface area contributed by atoms with Crippen LogP contribution < -0.4 is 21.3 Å². The molecule has 0 aliphatic heterocycles. The fourth-order valence-electron chi connectivity index (χ4n) is 3.24. The summed E-state index contributed by atoms with van der Waals surface area (Å²) in [7, 11) is 0. The Hall–Kier alpha value is -3.23. The van der Waals surface area contributed by atoms with Gasteiger partial charge in [0.25, 0.3) is 5.56 Å². The van der Waals surface area contributed by atoms with Gasteiger partial charge in [-0.25, -0.2) is 4.79 Å². The Kier molecular flexibility index (Phi) is 8.06. The summed E-state index contributed by atoms with van der Waals surface area (Å²) in [4.78, 5) is 37.3. The number of hydrogen-bond acceptors (Lipinski definition) is 5. The van der Waals surface area contributed by atoms with Crippen LogP contribution in [0.3, 0.4) is 0 Å². The first kappa shape index (κ1) is 25.4. The van der Waals surface area contributed by atoms with Crippen LogP contribution in [-0.4, -0.2) is 26.3 Å². The summed E-state index contributed by atoms with van der Waals surface area (Å²) < 4.78 is 7.94. The molecule has 0 saturated carbocycles. The highest BCUT2D eigenvalue weighted by Gasteiger charge is 2.18. The van der Waals surface area contributed by atoms with Crippen LogP contribution in [0, 0.1) is 5.92 Å². The predicted octanol–water partition coefficient (Wildman–Crippen LogP) is 4.62. The van der Waals surface area contributed by atoms with Gasteiger partial charge in [-0.05, 0) is 49.7 Å². The van der Waals surface area contributed by atoms with Gasteiger partial charge >= 0.3 is 11.7 Å².